The summed E-state index contributed by atoms with van der Waals surface area (Å²) in [6.07, 6.45) is 2.08. The lowest BCUT2D eigenvalue weighted by atomic mass is 9.97. The average Bonchev–Trinajstić information content (AvgIpc) is 3.34. The first-order valence-electron chi connectivity index (χ1n) is 9.78. The van der Waals surface area contributed by atoms with Crippen molar-refractivity contribution in [2.75, 3.05) is 6.54 Å². The fourth-order valence-electron chi connectivity index (χ4n) is 4.49. The number of aromatic nitrogens is 2. The number of carbonyl (C=O) groups is 3. The van der Waals surface area contributed by atoms with Crippen molar-refractivity contribution in [1.82, 2.24) is 19.4 Å². The summed E-state index contributed by atoms with van der Waals surface area (Å²) in [4.78, 5) is 44.8. The van der Waals surface area contributed by atoms with Gasteiger partial charge in [0.2, 0.25) is 0 Å². The molecule has 0 radical (unpaired) electrons. The Morgan fingerprint density at radius 2 is 2.10 bits per heavy atom. The van der Waals surface area contributed by atoms with Crippen LogP contribution in [0.2, 0.25) is 0 Å². The van der Waals surface area contributed by atoms with E-state index >= 15 is 0 Å². The Bertz CT molecular complexity index is 1200. The number of urea groups is 1. The molecule has 30 heavy (non-hydrogen) atoms. The van der Waals surface area contributed by atoms with Crippen molar-refractivity contribution in [3.63, 3.8) is 0 Å². The number of fused-ring (bicyclic) bond motifs is 4. The molecule has 0 saturated carbocycles. The molecule has 0 bridgehead atoms. The molecule has 1 saturated heterocycles. The van der Waals surface area contributed by atoms with Gasteiger partial charge in [-0.2, -0.15) is 0 Å². The molecule has 1 atom stereocenters. The summed E-state index contributed by atoms with van der Waals surface area (Å²) in [6.45, 7) is 2.87. The van der Waals surface area contributed by atoms with Gasteiger partial charge >= 0.3 is 12.0 Å². The molecular weight excluding hydrogens is 404 g/mol. The van der Waals surface area contributed by atoms with Crippen LogP contribution < -0.4 is 0 Å². The number of rotatable bonds is 5. The van der Waals surface area contributed by atoms with Crippen LogP contribution >= 0.6 is 11.3 Å². The highest BCUT2D eigenvalue weighted by atomic mass is 32.1. The van der Waals surface area contributed by atoms with E-state index < -0.39 is 18.0 Å². The van der Waals surface area contributed by atoms with Crippen LogP contribution in [0.3, 0.4) is 0 Å². The number of benzene rings is 1. The summed E-state index contributed by atoms with van der Waals surface area (Å²) in [5, 5.41) is 11.0. The molecule has 9 heteroatoms. The third kappa shape index (κ3) is 2.88. The molecular formula is C21H20N4O4S. The van der Waals surface area contributed by atoms with Gasteiger partial charge in [0.15, 0.2) is 0 Å². The molecule has 3 amide bonds. The van der Waals surface area contributed by atoms with E-state index in [9.17, 15) is 14.4 Å². The second-order valence-corrected chi connectivity index (χ2v) is 8.96. The van der Waals surface area contributed by atoms with Gasteiger partial charge in [-0.15, -0.1) is 11.3 Å². The van der Waals surface area contributed by atoms with Gasteiger partial charge in [0.1, 0.15) is 6.04 Å². The topological polar surface area (TPSA) is 95.7 Å². The third-order valence-electron chi connectivity index (χ3n) is 5.85. The van der Waals surface area contributed by atoms with Crippen LogP contribution in [0.25, 0.3) is 10.9 Å². The highest BCUT2D eigenvalue weighted by molar-refractivity contribution is 7.11. The SMILES string of the molecule is Cc1ncc(Cn2c3c(c4ccccc42)C[C@H]2C(=O)N(CCC(=O)O)C(=O)N2C3)s1. The van der Waals surface area contributed by atoms with E-state index in [1.165, 1.54) is 0 Å². The van der Waals surface area contributed by atoms with E-state index in [0.717, 1.165) is 36.9 Å². The largest absolute Gasteiger partial charge is 0.481 e. The number of hydrogen-bond donors (Lipinski definition) is 1. The zero-order valence-electron chi connectivity index (χ0n) is 16.4. The second kappa shape index (κ2) is 6.94. The van der Waals surface area contributed by atoms with Crippen LogP contribution in [0.15, 0.2) is 30.5 Å². The van der Waals surface area contributed by atoms with Gasteiger partial charge in [0.25, 0.3) is 5.91 Å². The monoisotopic (exact) mass is 424 g/mol. The van der Waals surface area contributed by atoms with Crippen LogP contribution in [-0.4, -0.2) is 55.0 Å². The van der Waals surface area contributed by atoms with Crippen molar-refractivity contribution in [2.45, 2.75) is 38.9 Å². The molecule has 2 aromatic heterocycles. The van der Waals surface area contributed by atoms with Crippen LogP contribution in [0.5, 0.6) is 0 Å². The number of para-hydroxylation sites is 1. The normalized spacial score (nSPS) is 18.2. The van der Waals surface area contributed by atoms with Crippen molar-refractivity contribution in [2.24, 2.45) is 0 Å². The van der Waals surface area contributed by atoms with Crippen LogP contribution in [0.4, 0.5) is 4.79 Å². The van der Waals surface area contributed by atoms with Crippen molar-refractivity contribution >= 4 is 40.1 Å². The summed E-state index contributed by atoms with van der Waals surface area (Å²) in [5.74, 6) is -1.33. The van der Waals surface area contributed by atoms with Gasteiger partial charge in [0.05, 0.1) is 24.5 Å². The second-order valence-electron chi connectivity index (χ2n) is 7.64. The lowest BCUT2D eigenvalue weighted by molar-refractivity contribution is -0.137. The van der Waals surface area contributed by atoms with E-state index in [4.69, 9.17) is 5.11 Å². The molecule has 5 rings (SSSR count). The van der Waals surface area contributed by atoms with Gasteiger partial charge in [0, 0.05) is 40.6 Å². The number of imide groups is 1. The lowest BCUT2D eigenvalue weighted by Crippen LogP contribution is -2.40. The Labute approximate surface area is 176 Å². The molecule has 0 aliphatic carbocycles. The number of aliphatic carboxylic acids is 1. The van der Waals surface area contributed by atoms with E-state index in [-0.39, 0.29) is 18.9 Å². The van der Waals surface area contributed by atoms with Crippen molar-refractivity contribution < 1.29 is 19.5 Å². The molecule has 1 aromatic carbocycles. The zero-order chi connectivity index (χ0) is 21.0. The molecule has 0 unspecified atom stereocenters. The minimum absolute atomic E-state index is 0.0922. The molecule has 0 spiro atoms. The van der Waals surface area contributed by atoms with E-state index in [0.29, 0.717) is 19.5 Å². The number of hydrogen-bond acceptors (Lipinski definition) is 5. The number of carboxylic acid groups (broad SMARTS) is 1. The highest BCUT2D eigenvalue weighted by Gasteiger charge is 2.48. The quantitative estimate of drug-likeness (QED) is 0.635. The molecule has 2 aliphatic heterocycles. The van der Waals surface area contributed by atoms with Crippen molar-refractivity contribution in [1.29, 1.82) is 0 Å². The molecule has 8 nitrogen and oxygen atoms in total. The van der Waals surface area contributed by atoms with Crippen molar-refractivity contribution in [3.05, 3.63) is 51.6 Å². The number of nitrogens with zero attached hydrogens (tertiary/aromatic N) is 4. The minimum atomic E-state index is -1.03. The summed E-state index contributed by atoms with van der Waals surface area (Å²) < 4.78 is 2.21. The average molecular weight is 424 g/mol. The van der Waals surface area contributed by atoms with Crippen LogP contribution in [0.1, 0.15) is 27.6 Å². The van der Waals surface area contributed by atoms with Gasteiger partial charge in [-0.25, -0.2) is 9.78 Å². The van der Waals surface area contributed by atoms with Crippen LogP contribution in [0, 0.1) is 6.92 Å². The first kappa shape index (κ1) is 18.8. The molecule has 2 aliphatic rings. The number of carboxylic acids is 1. The maximum Gasteiger partial charge on any atom is 0.327 e. The van der Waals surface area contributed by atoms with E-state index in [2.05, 4.69) is 21.7 Å². The molecule has 4 heterocycles. The number of aryl methyl sites for hydroxylation is 1. The molecule has 1 N–H and O–H groups in total. The van der Waals surface area contributed by atoms with Gasteiger partial charge in [-0.1, -0.05) is 18.2 Å². The lowest BCUT2D eigenvalue weighted by Gasteiger charge is -2.28. The summed E-state index contributed by atoms with van der Waals surface area (Å²) in [5.41, 5.74) is 3.20. The fraction of sp³-hybridized carbons (Fsp3) is 0.333. The Balaban J connectivity index is 1.54. The highest BCUT2D eigenvalue weighted by Crippen LogP contribution is 2.37. The molecule has 154 valence electrons. The first-order valence-corrected chi connectivity index (χ1v) is 10.6. The molecule has 1 fully saturated rings. The Hall–Kier alpha value is -3.20. The Kier molecular flexibility index (Phi) is 4.35. The number of thiazole rings is 1. The minimum Gasteiger partial charge on any atom is -0.481 e. The van der Waals surface area contributed by atoms with Crippen LogP contribution in [-0.2, 0) is 29.1 Å². The maximum atomic E-state index is 12.9. The Morgan fingerprint density at radius 1 is 1.30 bits per heavy atom. The summed E-state index contributed by atoms with van der Waals surface area (Å²) in [7, 11) is 0. The predicted molar refractivity (Wildman–Crippen MR) is 110 cm³/mol. The van der Waals surface area contributed by atoms with E-state index in [1.807, 2.05) is 25.3 Å². The standard InChI is InChI=1S/C21H20N4O4S/c1-12-22-9-13(30-12)10-24-16-5-3-2-4-14(16)15-8-17-20(28)23(7-6-19(26)27)21(29)25(17)11-18(15)24/h2-5,9,17H,6-8,10-11H2,1H3,(H,26,27)/t17-/m0/s1. The smallest absolute Gasteiger partial charge is 0.327 e. The summed E-state index contributed by atoms with van der Waals surface area (Å²) in [6, 6.07) is 7.13. The molecule has 3 aromatic rings. The first-order chi connectivity index (χ1) is 14.4. The third-order valence-corrected chi connectivity index (χ3v) is 6.75. The van der Waals surface area contributed by atoms with Crippen molar-refractivity contribution in [3.8, 4) is 0 Å². The summed E-state index contributed by atoms with van der Waals surface area (Å²) >= 11 is 1.64. The number of amides is 3. The van der Waals surface area contributed by atoms with E-state index in [1.54, 1.807) is 16.2 Å². The fourth-order valence-corrected chi connectivity index (χ4v) is 5.27. The van der Waals surface area contributed by atoms with Gasteiger partial charge in [-0.05, 0) is 18.6 Å². The number of carbonyl (C=O) groups excluding carboxylic acids is 2. The zero-order valence-corrected chi connectivity index (χ0v) is 17.2. The Morgan fingerprint density at radius 3 is 2.83 bits per heavy atom. The van der Waals surface area contributed by atoms with Gasteiger partial charge in [-0.3, -0.25) is 14.5 Å². The predicted octanol–water partition coefficient (Wildman–Crippen LogP) is 2.62. The maximum absolute atomic E-state index is 12.9. The van der Waals surface area contributed by atoms with Gasteiger partial charge < -0.3 is 14.6 Å².